The van der Waals surface area contributed by atoms with Crippen molar-refractivity contribution in [3.05, 3.63) is 0 Å². The predicted octanol–water partition coefficient (Wildman–Crippen LogP) is 2.25. The van der Waals surface area contributed by atoms with Gasteiger partial charge in [0.05, 0.1) is 6.61 Å². The molecule has 0 aliphatic heterocycles. The molecule has 0 rings (SSSR count). The van der Waals surface area contributed by atoms with Gasteiger partial charge in [-0.3, -0.25) is 0 Å². The highest BCUT2D eigenvalue weighted by Crippen LogP contribution is 2.12. The summed E-state index contributed by atoms with van der Waals surface area (Å²) < 4.78 is 0. The van der Waals surface area contributed by atoms with Gasteiger partial charge in [0.1, 0.15) is 0 Å². The average Bonchev–Trinajstić information content (AvgIpc) is 2.37. The third-order valence-electron chi connectivity index (χ3n) is 3.68. The summed E-state index contributed by atoms with van der Waals surface area (Å²) in [6.45, 7) is 10.4. The minimum atomic E-state index is -0.0968. The van der Waals surface area contributed by atoms with Crippen LogP contribution in [0.15, 0.2) is 0 Å². The number of aliphatic hydroxyl groups is 1. The van der Waals surface area contributed by atoms with Crippen LogP contribution in [0.25, 0.3) is 0 Å². The standard InChI is InChI=1S/C14H32N2O/c1-5-7-11-16(6-2)12-9-8-10-14(3,13-17)15-4/h15,17H,5-13H2,1-4H3. The van der Waals surface area contributed by atoms with Crippen molar-refractivity contribution in [1.82, 2.24) is 10.2 Å². The van der Waals surface area contributed by atoms with E-state index >= 15 is 0 Å². The fourth-order valence-electron chi connectivity index (χ4n) is 1.94. The zero-order valence-electron chi connectivity index (χ0n) is 12.3. The minimum absolute atomic E-state index is 0.0968. The normalized spacial score (nSPS) is 15.2. The van der Waals surface area contributed by atoms with Gasteiger partial charge in [0.25, 0.3) is 0 Å². The summed E-state index contributed by atoms with van der Waals surface area (Å²) in [7, 11) is 1.93. The summed E-state index contributed by atoms with van der Waals surface area (Å²) in [5.41, 5.74) is -0.0968. The fraction of sp³-hybridized carbons (Fsp3) is 1.00. The van der Waals surface area contributed by atoms with Gasteiger partial charge in [-0.2, -0.15) is 0 Å². The van der Waals surface area contributed by atoms with Crippen LogP contribution in [0.2, 0.25) is 0 Å². The smallest absolute Gasteiger partial charge is 0.0610 e. The van der Waals surface area contributed by atoms with E-state index in [-0.39, 0.29) is 12.1 Å². The van der Waals surface area contributed by atoms with Crippen LogP contribution in [0.5, 0.6) is 0 Å². The van der Waals surface area contributed by atoms with Gasteiger partial charge in [-0.25, -0.2) is 0 Å². The maximum Gasteiger partial charge on any atom is 0.0610 e. The lowest BCUT2D eigenvalue weighted by molar-refractivity contribution is 0.168. The lowest BCUT2D eigenvalue weighted by Gasteiger charge is -2.27. The number of aliphatic hydroxyl groups excluding tert-OH is 1. The van der Waals surface area contributed by atoms with Gasteiger partial charge in [-0.15, -0.1) is 0 Å². The predicted molar refractivity (Wildman–Crippen MR) is 75.4 cm³/mol. The third-order valence-corrected chi connectivity index (χ3v) is 3.68. The lowest BCUT2D eigenvalue weighted by Crippen LogP contribution is -2.43. The summed E-state index contributed by atoms with van der Waals surface area (Å²) in [4.78, 5) is 2.53. The highest BCUT2D eigenvalue weighted by atomic mass is 16.3. The molecular weight excluding hydrogens is 212 g/mol. The highest BCUT2D eigenvalue weighted by Gasteiger charge is 2.19. The molecule has 0 amide bonds. The van der Waals surface area contributed by atoms with E-state index in [1.807, 2.05) is 7.05 Å². The molecule has 0 aromatic rings. The molecule has 0 bridgehead atoms. The van der Waals surface area contributed by atoms with Gasteiger partial charge < -0.3 is 15.3 Å². The van der Waals surface area contributed by atoms with Crippen LogP contribution in [0.1, 0.15) is 52.9 Å². The van der Waals surface area contributed by atoms with Crippen LogP contribution in [0.3, 0.4) is 0 Å². The van der Waals surface area contributed by atoms with E-state index in [4.69, 9.17) is 0 Å². The maximum absolute atomic E-state index is 9.28. The second kappa shape index (κ2) is 9.86. The molecule has 0 saturated carbocycles. The molecule has 3 heteroatoms. The molecule has 2 N–H and O–H groups in total. The number of nitrogens with one attached hydrogen (secondary N) is 1. The molecule has 0 saturated heterocycles. The Morgan fingerprint density at radius 1 is 1.12 bits per heavy atom. The first-order valence-electron chi connectivity index (χ1n) is 7.14. The topological polar surface area (TPSA) is 35.5 Å². The Morgan fingerprint density at radius 3 is 2.24 bits per heavy atom. The SMILES string of the molecule is CCCCN(CC)CCCCC(C)(CO)NC. The van der Waals surface area contributed by atoms with Gasteiger partial charge in [0, 0.05) is 5.54 Å². The third kappa shape index (κ3) is 7.74. The number of unbranched alkanes of at least 4 members (excludes halogenated alkanes) is 2. The van der Waals surface area contributed by atoms with Crippen LogP contribution < -0.4 is 5.32 Å². The second-order valence-corrected chi connectivity index (χ2v) is 5.21. The van der Waals surface area contributed by atoms with Gasteiger partial charge in [0.15, 0.2) is 0 Å². The van der Waals surface area contributed by atoms with Gasteiger partial charge in [-0.05, 0) is 52.9 Å². The molecule has 104 valence electrons. The summed E-state index contributed by atoms with van der Waals surface area (Å²) >= 11 is 0. The number of nitrogens with zero attached hydrogens (tertiary/aromatic N) is 1. The molecule has 0 radical (unpaired) electrons. The zero-order valence-corrected chi connectivity index (χ0v) is 12.3. The molecule has 0 aliphatic carbocycles. The summed E-state index contributed by atoms with van der Waals surface area (Å²) in [5, 5.41) is 12.5. The first-order chi connectivity index (χ1) is 8.11. The largest absolute Gasteiger partial charge is 0.394 e. The van der Waals surface area contributed by atoms with Crippen molar-refractivity contribution in [3.63, 3.8) is 0 Å². The minimum Gasteiger partial charge on any atom is -0.394 e. The average molecular weight is 244 g/mol. The van der Waals surface area contributed by atoms with Crippen molar-refractivity contribution >= 4 is 0 Å². The van der Waals surface area contributed by atoms with Gasteiger partial charge in [0.2, 0.25) is 0 Å². The summed E-state index contributed by atoms with van der Waals surface area (Å²) in [5.74, 6) is 0. The van der Waals surface area contributed by atoms with Crippen molar-refractivity contribution in [2.75, 3.05) is 33.3 Å². The van der Waals surface area contributed by atoms with E-state index < -0.39 is 0 Å². The molecule has 17 heavy (non-hydrogen) atoms. The first-order valence-corrected chi connectivity index (χ1v) is 7.14. The molecule has 1 atom stereocenters. The molecule has 0 heterocycles. The number of rotatable bonds is 11. The van der Waals surface area contributed by atoms with E-state index in [9.17, 15) is 5.11 Å². The maximum atomic E-state index is 9.28. The molecule has 0 aromatic heterocycles. The molecular formula is C14H32N2O. The molecule has 0 spiro atoms. The molecule has 0 aromatic carbocycles. The summed E-state index contributed by atoms with van der Waals surface area (Å²) in [6, 6.07) is 0. The highest BCUT2D eigenvalue weighted by molar-refractivity contribution is 4.80. The molecule has 1 unspecified atom stereocenters. The Balaban J connectivity index is 3.67. The van der Waals surface area contributed by atoms with E-state index in [0.717, 1.165) is 13.0 Å². The van der Waals surface area contributed by atoms with Crippen molar-refractivity contribution < 1.29 is 5.11 Å². The van der Waals surface area contributed by atoms with Crippen molar-refractivity contribution in [1.29, 1.82) is 0 Å². The number of hydrogen-bond acceptors (Lipinski definition) is 3. The zero-order chi connectivity index (χ0) is 13.1. The summed E-state index contributed by atoms with van der Waals surface area (Å²) in [6.07, 6.45) is 6.04. The van der Waals surface area contributed by atoms with Crippen LogP contribution in [-0.2, 0) is 0 Å². The van der Waals surface area contributed by atoms with Crippen molar-refractivity contribution in [2.45, 2.75) is 58.4 Å². The Morgan fingerprint density at radius 2 is 1.76 bits per heavy atom. The van der Waals surface area contributed by atoms with Crippen LogP contribution >= 0.6 is 0 Å². The van der Waals surface area contributed by atoms with E-state index in [1.165, 1.54) is 38.8 Å². The number of hydrogen-bond donors (Lipinski definition) is 2. The Labute approximate surface area is 108 Å². The molecule has 0 fully saturated rings. The van der Waals surface area contributed by atoms with Gasteiger partial charge >= 0.3 is 0 Å². The van der Waals surface area contributed by atoms with E-state index in [0.29, 0.717) is 0 Å². The monoisotopic (exact) mass is 244 g/mol. The Hall–Kier alpha value is -0.120. The first kappa shape index (κ1) is 16.9. The van der Waals surface area contributed by atoms with Crippen molar-refractivity contribution in [2.24, 2.45) is 0 Å². The lowest BCUT2D eigenvalue weighted by atomic mass is 9.96. The molecule has 0 aliphatic rings. The fourth-order valence-corrected chi connectivity index (χ4v) is 1.94. The van der Waals surface area contributed by atoms with Crippen LogP contribution in [0.4, 0.5) is 0 Å². The Bertz CT molecular complexity index is 170. The number of likely N-dealkylation sites (N-methyl/N-ethyl adjacent to an activating group) is 1. The quantitative estimate of drug-likeness (QED) is 0.547. The van der Waals surface area contributed by atoms with Gasteiger partial charge in [-0.1, -0.05) is 26.7 Å². The Kier molecular flexibility index (Phi) is 9.79. The van der Waals surface area contributed by atoms with Crippen LogP contribution in [0, 0.1) is 0 Å². The second-order valence-electron chi connectivity index (χ2n) is 5.21. The van der Waals surface area contributed by atoms with Crippen LogP contribution in [-0.4, -0.2) is 48.8 Å². The molecule has 3 nitrogen and oxygen atoms in total. The van der Waals surface area contributed by atoms with Crippen molar-refractivity contribution in [3.8, 4) is 0 Å². The van der Waals surface area contributed by atoms with E-state index in [2.05, 4.69) is 31.0 Å². The van der Waals surface area contributed by atoms with E-state index in [1.54, 1.807) is 0 Å².